The minimum Gasteiger partial charge on any atom is -0.480 e. The van der Waals surface area contributed by atoms with Crippen molar-refractivity contribution in [2.24, 2.45) is 5.73 Å². The lowest BCUT2D eigenvalue weighted by atomic mass is 9.98. The number of aliphatic carboxylic acids is 1. The van der Waals surface area contributed by atoms with Gasteiger partial charge < -0.3 is 15.6 Å². The lowest BCUT2D eigenvalue weighted by molar-refractivity contribution is -0.144. The summed E-state index contributed by atoms with van der Waals surface area (Å²) in [6.45, 7) is 0.245. The zero-order valence-electron chi connectivity index (χ0n) is 13.1. The summed E-state index contributed by atoms with van der Waals surface area (Å²) in [6, 6.07) is 15.2. The van der Waals surface area contributed by atoms with E-state index in [1.54, 1.807) is 0 Å². The third kappa shape index (κ3) is 3.16. The fraction of sp³-hybridized carbons (Fsp3) is 0.263. The van der Waals surface area contributed by atoms with E-state index in [9.17, 15) is 9.59 Å². The number of nitrogens with two attached hydrogens (primary N) is 1. The number of ether oxygens (including phenoxy) is 1. The van der Waals surface area contributed by atoms with Gasteiger partial charge in [-0.25, -0.2) is 0 Å². The van der Waals surface area contributed by atoms with Crippen molar-refractivity contribution in [2.45, 2.75) is 24.8 Å². The average molecular weight is 325 g/mol. The van der Waals surface area contributed by atoms with Gasteiger partial charge >= 0.3 is 11.9 Å². The van der Waals surface area contributed by atoms with Crippen LogP contribution in [0.25, 0.3) is 11.1 Å². The molecule has 0 aliphatic heterocycles. The highest BCUT2D eigenvalue weighted by molar-refractivity contribution is 5.79. The van der Waals surface area contributed by atoms with E-state index in [0.29, 0.717) is 0 Å². The van der Waals surface area contributed by atoms with Crippen molar-refractivity contribution in [1.82, 2.24) is 0 Å². The molecule has 1 aliphatic rings. The summed E-state index contributed by atoms with van der Waals surface area (Å²) < 4.78 is 5.38. The summed E-state index contributed by atoms with van der Waals surface area (Å²) in [5.74, 6) is -1.52. The monoisotopic (exact) mass is 325 g/mol. The van der Waals surface area contributed by atoms with Gasteiger partial charge in [-0.2, -0.15) is 0 Å². The first kappa shape index (κ1) is 16.2. The van der Waals surface area contributed by atoms with Crippen molar-refractivity contribution in [2.75, 3.05) is 6.61 Å². The summed E-state index contributed by atoms with van der Waals surface area (Å²) in [7, 11) is 0. The van der Waals surface area contributed by atoms with Crippen LogP contribution in [0.5, 0.6) is 0 Å². The van der Waals surface area contributed by atoms with Crippen LogP contribution in [0.2, 0.25) is 0 Å². The van der Waals surface area contributed by atoms with Crippen LogP contribution in [0.1, 0.15) is 29.9 Å². The van der Waals surface area contributed by atoms with Gasteiger partial charge in [0.2, 0.25) is 0 Å². The molecule has 1 atom stereocenters. The first-order valence-electron chi connectivity index (χ1n) is 7.90. The number of esters is 1. The first-order chi connectivity index (χ1) is 11.6. The number of carboxylic acids is 1. The molecule has 0 heterocycles. The van der Waals surface area contributed by atoms with Gasteiger partial charge in [-0.1, -0.05) is 48.5 Å². The van der Waals surface area contributed by atoms with Gasteiger partial charge in [-0.05, 0) is 28.7 Å². The molecule has 0 spiro atoms. The molecule has 5 nitrogen and oxygen atoms in total. The highest BCUT2D eigenvalue weighted by Gasteiger charge is 2.29. The Hall–Kier alpha value is -2.66. The van der Waals surface area contributed by atoms with E-state index in [2.05, 4.69) is 12.1 Å². The standard InChI is InChI=1S/C19H19NO4/c20-17(19(22)23)9-10-18(21)24-11-16-14-7-3-1-5-12(14)13-6-2-4-8-15(13)16/h1-8,16-17H,9-11,20H2,(H,22,23)/t17-/m1/s1. The number of rotatable bonds is 6. The summed E-state index contributed by atoms with van der Waals surface area (Å²) in [5, 5.41) is 8.74. The van der Waals surface area contributed by atoms with Crippen molar-refractivity contribution in [1.29, 1.82) is 0 Å². The van der Waals surface area contributed by atoms with E-state index in [1.165, 1.54) is 11.1 Å². The molecule has 3 rings (SSSR count). The minimum atomic E-state index is -1.11. The van der Waals surface area contributed by atoms with Crippen LogP contribution in [-0.4, -0.2) is 29.7 Å². The number of carbonyl (C=O) groups excluding carboxylic acids is 1. The highest BCUT2D eigenvalue weighted by Crippen LogP contribution is 2.44. The number of carboxylic acid groups (broad SMARTS) is 1. The number of hydrogen-bond donors (Lipinski definition) is 2. The van der Waals surface area contributed by atoms with Gasteiger partial charge in [0.05, 0.1) is 0 Å². The molecule has 0 unspecified atom stereocenters. The predicted octanol–water partition coefficient (Wildman–Crippen LogP) is 2.53. The summed E-state index contributed by atoms with van der Waals surface area (Å²) in [6.07, 6.45) is 0.0789. The zero-order chi connectivity index (χ0) is 17.1. The van der Waals surface area contributed by atoms with E-state index >= 15 is 0 Å². The van der Waals surface area contributed by atoms with E-state index in [4.69, 9.17) is 15.6 Å². The molecule has 24 heavy (non-hydrogen) atoms. The van der Waals surface area contributed by atoms with Gasteiger partial charge in [-0.15, -0.1) is 0 Å². The summed E-state index contributed by atoms with van der Waals surface area (Å²) >= 11 is 0. The Kier molecular flexibility index (Phi) is 4.62. The Morgan fingerprint density at radius 1 is 1.04 bits per heavy atom. The van der Waals surface area contributed by atoms with Crippen molar-refractivity contribution in [3.63, 3.8) is 0 Å². The molecule has 0 aromatic heterocycles. The second kappa shape index (κ2) is 6.84. The van der Waals surface area contributed by atoms with Gasteiger partial charge in [-0.3, -0.25) is 9.59 Å². The number of fused-ring (bicyclic) bond motifs is 3. The molecule has 0 saturated heterocycles. The Morgan fingerprint density at radius 3 is 2.12 bits per heavy atom. The second-order valence-corrected chi connectivity index (χ2v) is 5.89. The van der Waals surface area contributed by atoms with E-state index in [-0.39, 0.29) is 25.4 Å². The fourth-order valence-electron chi connectivity index (χ4n) is 3.08. The zero-order valence-corrected chi connectivity index (χ0v) is 13.1. The number of benzene rings is 2. The molecule has 5 heteroatoms. The van der Waals surface area contributed by atoms with Crippen LogP contribution in [0.15, 0.2) is 48.5 Å². The minimum absolute atomic E-state index is 0.00345. The van der Waals surface area contributed by atoms with Crippen LogP contribution < -0.4 is 5.73 Å². The van der Waals surface area contributed by atoms with Crippen LogP contribution in [0.4, 0.5) is 0 Å². The first-order valence-corrected chi connectivity index (χ1v) is 7.90. The molecule has 0 saturated carbocycles. The van der Waals surface area contributed by atoms with Crippen molar-refractivity contribution in [3.05, 3.63) is 59.7 Å². The third-order valence-corrected chi connectivity index (χ3v) is 4.35. The molecule has 0 bridgehead atoms. The molecule has 0 fully saturated rings. The van der Waals surface area contributed by atoms with Crippen LogP contribution in [0.3, 0.4) is 0 Å². The Labute approximate surface area is 140 Å². The van der Waals surface area contributed by atoms with Crippen LogP contribution >= 0.6 is 0 Å². The normalized spacial score (nSPS) is 13.9. The Balaban J connectivity index is 1.67. The maximum absolute atomic E-state index is 11.9. The Bertz CT molecular complexity index is 726. The quantitative estimate of drug-likeness (QED) is 0.797. The van der Waals surface area contributed by atoms with Gasteiger partial charge in [0.1, 0.15) is 12.6 Å². The van der Waals surface area contributed by atoms with Crippen molar-refractivity contribution >= 4 is 11.9 Å². The molecule has 124 valence electrons. The largest absolute Gasteiger partial charge is 0.480 e. The smallest absolute Gasteiger partial charge is 0.320 e. The average Bonchev–Trinajstić information content (AvgIpc) is 2.92. The number of hydrogen-bond acceptors (Lipinski definition) is 4. The molecular formula is C19H19NO4. The van der Waals surface area contributed by atoms with Gasteiger partial charge in [0.25, 0.3) is 0 Å². The maximum Gasteiger partial charge on any atom is 0.320 e. The van der Waals surface area contributed by atoms with Crippen LogP contribution in [0, 0.1) is 0 Å². The highest BCUT2D eigenvalue weighted by atomic mass is 16.5. The number of carbonyl (C=O) groups is 2. The third-order valence-electron chi connectivity index (χ3n) is 4.35. The summed E-state index contributed by atoms with van der Waals surface area (Å²) in [4.78, 5) is 22.6. The second-order valence-electron chi connectivity index (χ2n) is 5.89. The lowest BCUT2D eigenvalue weighted by Gasteiger charge is -2.14. The molecule has 2 aromatic carbocycles. The van der Waals surface area contributed by atoms with Gasteiger partial charge in [0.15, 0.2) is 0 Å². The topological polar surface area (TPSA) is 89.6 Å². The van der Waals surface area contributed by atoms with Crippen molar-refractivity contribution < 1.29 is 19.4 Å². The fourth-order valence-corrected chi connectivity index (χ4v) is 3.08. The molecule has 1 aliphatic carbocycles. The Morgan fingerprint density at radius 2 is 1.58 bits per heavy atom. The molecule has 0 amide bonds. The summed E-state index contributed by atoms with van der Waals surface area (Å²) in [5.41, 5.74) is 10.0. The predicted molar refractivity (Wildman–Crippen MR) is 89.5 cm³/mol. The lowest BCUT2D eigenvalue weighted by Crippen LogP contribution is -2.30. The SMILES string of the molecule is N[C@H](CCC(=O)OCC1c2ccccc2-c2ccccc21)C(=O)O. The molecule has 3 N–H and O–H groups in total. The van der Waals surface area contributed by atoms with Gasteiger partial charge in [0, 0.05) is 12.3 Å². The molecule has 0 radical (unpaired) electrons. The van der Waals surface area contributed by atoms with Crippen LogP contribution in [-0.2, 0) is 14.3 Å². The van der Waals surface area contributed by atoms with E-state index in [0.717, 1.165) is 11.1 Å². The van der Waals surface area contributed by atoms with E-state index in [1.807, 2.05) is 36.4 Å². The maximum atomic E-state index is 11.9. The molecular weight excluding hydrogens is 306 g/mol. The van der Waals surface area contributed by atoms with Crippen molar-refractivity contribution in [3.8, 4) is 11.1 Å². The molecule has 2 aromatic rings. The van der Waals surface area contributed by atoms with E-state index < -0.39 is 18.0 Å².